The van der Waals surface area contributed by atoms with Crippen LogP contribution in [-0.2, 0) is 4.79 Å². The van der Waals surface area contributed by atoms with Crippen molar-refractivity contribution in [1.29, 1.82) is 0 Å². The first-order chi connectivity index (χ1) is 20.7. The molecule has 1 nitrogen and oxygen atoms in total. The first-order valence-electron chi connectivity index (χ1n) is 18.8. The van der Waals surface area contributed by atoms with Gasteiger partial charge in [-0.2, -0.15) is 0 Å². The van der Waals surface area contributed by atoms with Crippen LogP contribution in [0.5, 0.6) is 0 Å². The van der Waals surface area contributed by atoms with Gasteiger partial charge in [-0.15, -0.1) is 0 Å². The summed E-state index contributed by atoms with van der Waals surface area (Å²) in [5, 5.41) is 0. The summed E-state index contributed by atoms with van der Waals surface area (Å²) >= 11 is 0. The monoisotopic (exact) mass is 581 g/mol. The molecule has 0 N–H and O–H groups in total. The van der Waals surface area contributed by atoms with Crippen LogP contribution in [0, 0.1) is 5.41 Å². The van der Waals surface area contributed by atoms with E-state index in [2.05, 4.69) is 62.5 Å². The molecule has 0 aromatic carbocycles. The minimum Gasteiger partial charge on any atom is -0.300 e. The molecule has 0 atom stereocenters. The summed E-state index contributed by atoms with van der Waals surface area (Å²) in [6.07, 6.45) is 55.8. The topological polar surface area (TPSA) is 17.1 Å². The molecule has 1 rings (SSSR count). The third kappa shape index (κ3) is 24.1. The molecular formula is C41H72O. The normalized spacial score (nSPS) is 15.5. The number of carbonyl (C=O) groups excluding carboxylic acids is 1. The second-order valence-corrected chi connectivity index (χ2v) is 13.4. The molecule has 0 amide bonds. The summed E-state index contributed by atoms with van der Waals surface area (Å²) < 4.78 is 0. The number of unbranched alkanes of at least 4 members (excludes halogenated alkanes) is 18. The van der Waals surface area contributed by atoms with E-state index in [1.807, 2.05) is 0 Å². The van der Waals surface area contributed by atoms with Gasteiger partial charge in [0.15, 0.2) is 0 Å². The van der Waals surface area contributed by atoms with E-state index < -0.39 is 0 Å². The van der Waals surface area contributed by atoms with Crippen LogP contribution in [0.4, 0.5) is 0 Å². The number of Topliss-reactive ketones (excluding diaryl/α,β-unsaturated/α-hetero) is 1. The zero-order valence-corrected chi connectivity index (χ0v) is 28.5. The van der Waals surface area contributed by atoms with Crippen molar-refractivity contribution in [3.63, 3.8) is 0 Å². The smallest absolute Gasteiger partial charge is 0.133 e. The Kier molecular flexibility index (Phi) is 27.3. The van der Waals surface area contributed by atoms with E-state index >= 15 is 0 Å². The summed E-state index contributed by atoms with van der Waals surface area (Å²) in [5.41, 5.74) is 0.363. The molecule has 1 aliphatic carbocycles. The summed E-state index contributed by atoms with van der Waals surface area (Å²) in [4.78, 5) is 12.2. The predicted octanol–water partition coefficient (Wildman–Crippen LogP) is 14.1. The van der Waals surface area contributed by atoms with Crippen LogP contribution in [0.15, 0.2) is 48.6 Å². The lowest BCUT2D eigenvalue weighted by atomic mass is 9.76. The van der Waals surface area contributed by atoms with E-state index in [0.717, 1.165) is 25.7 Å². The van der Waals surface area contributed by atoms with Gasteiger partial charge in [-0.3, -0.25) is 4.79 Å². The molecule has 1 aliphatic rings. The predicted molar refractivity (Wildman–Crippen MR) is 189 cm³/mol. The Hall–Kier alpha value is -1.37. The molecule has 0 heterocycles. The van der Waals surface area contributed by atoms with Crippen LogP contribution in [0.25, 0.3) is 0 Å². The molecule has 0 unspecified atom stereocenters. The highest BCUT2D eigenvalue weighted by Gasteiger charge is 2.36. The Morgan fingerprint density at radius 2 is 0.833 bits per heavy atom. The van der Waals surface area contributed by atoms with E-state index in [-0.39, 0.29) is 0 Å². The Labute approximate surface area is 264 Å². The average Bonchev–Trinajstić information content (AvgIpc) is 3.37. The van der Waals surface area contributed by atoms with Crippen LogP contribution in [0.2, 0.25) is 0 Å². The largest absolute Gasteiger partial charge is 0.300 e. The molecule has 0 spiro atoms. The molecule has 0 saturated heterocycles. The standard InChI is InChI=1S/C41H72O/c1-3-5-7-9-11-13-15-17-19-21-23-25-27-29-31-33-36-41(38-35-40(42)39-41)37-34-32-30-28-26-24-22-20-18-16-14-12-10-8-6-4-2/h11-14,17-20H,3-10,15-16,21-39H2,1-2H3/b13-11-,14-12-,19-17-,20-18-. The second-order valence-electron chi connectivity index (χ2n) is 13.4. The minimum absolute atomic E-state index is 0.363. The third-order valence-electron chi connectivity index (χ3n) is 9.32. The Morgan fingerprint density at radius 1 is 0.476 bits per heavy atom. The maximum absolute atomic E-state index is 12.2. The number of rotatable bonds is 30. The summed E-state index contributed by atoms with van der Waals surface area (Å²) in [7, 11) is 0. The van der Waals surface area contributed by atoms with Crippen LogP contribution < -0.4 is 0 Å². The van der Waals surface area contributed by atoms with Crippen LogP contribution in [-0.4, -0.2) is 5.78 Å². The minimum atomic E-state index is 0.363. The number of hydrogen-bond donors (Lipinski definition) is 0. The van der Waals surface area contributed by atoms with Crippen molar-refractivity contribution >= 4 is 5.78 Å². The maximum Gasteiger partial charge on any atom is 0.133 e. The lowest BCUT2D eigenvalue weighted by molar-refractivity contribution is -0.118. The third-order valence-corrected chi connectivity index (χ3v) is 9.32. The van der Waals surface area contributed by atoms with Crippen LogP contribution in [0.3, 0.4) is 0 Å². The molecule has 0 aromatic rings. The van der Waals surface area contributed by atoms with Crippen molar-refractivity contribution in [2.24, 2.45) is 5.41 Å². The van der Waals surface area contributed by atoms with E-state index in [4.69, 9.17) is 0 Å². The molecule has 1 saturated carbocycles. The fourth-order valence-electron chi connectivity index (χ4n) is 6.53. The molecular weight excluding hydrogens is 508 g/mol. The molecule has 1 heteroatoms. The van der Waals surface area contributed by atoms with Gasteiger partial charge in [0.05, 0.1) is 0 Å². The fraction of sp³-hybridized carbons (Fsp3) is 0.780. The summed E-state index contributed by atoms with van der Waals surface area (Å²) in [6, 6.07) is 0. The second kappa shape index (κ2) is 29.7. The Balaban J connectivity index is 1.99. The number of carbonyl (C=O) groups is 1. The van der Waals surface area contributed by atoms with Gasteiger partial charge in [-0.25, -0.2) is 0 Å². The zero-order chi connectivity index (χ0) is 30.2. The molecule has 42 heavy (non-hydrogen) atoms. The molecule has 0 radical (unpaired) electrons. The SMILES string of the molecule is CCCCC/C=C\C/C=C\CCCCCCCCC1(CCCCCCCC/C=C\C/C=C\CCCCC)CCC(=O)C1. The van der Waals surface area contributed by atoms with Crippen molar-refractivity contribution in [2.75, 3.05) is 0 Å². The first kappa shape index (κ1) is 38.7. The highest BCUT2D eigenvalue weighted by atomic mass is 16.1. The Bertz CT molecular complexity index is 660. The van der Waals surface area contributed by atoms with Gasteiger partial charge in [0.25, 0.3) is 0 Å². The molecule has 1 fully saturated rings. The molecule has 0 aromatic heterocycles. The lowest BCUT2D eigenvalue weighted by Crippen LogP contribution is -2.17. The average molecular weight is 581 g/mol. The van der Waals surface area contributed by atoms with E-state index in [1.165, 1.54) is 161 Å². The number of hydrogen-bond acceptors (Lipinski definition) is 1. The fourth-order valence-corrected chi connectivity index (χ4v) is 6.53. The van der Waals surface area contributed by atoms with Crippen molar-refractivity contribution in [3.8, 4) is 0 Å². The van der Waals surface area contributed by atoms with Gasteiger partial charge < -0.3 is 0 Å². The molecule has 242 valence electrons. The number of allylic oxidation sites excluding steroid dienone is 8. The lowest BCUT2D eigenvalue weighted by Gasteiger charge is -2.28. The van der Waals surface area contributed by atoms with Gasteiger partial charge in [0, 0.05) is 12.8 Å². The van der Waals surface area contributed by atoms with E-state index in [1.54, 1.807) is 0 Å². The number of ketones is 1. The van der Waals surface area contributed by atoms with Crippen LogP contribution in [0.1, 0.15) is 200 Å². The van der Waals surface area contributed by atoms with Crippen molar-refractivity contribution in [3.05, 3.63) is 48.6 Å². The van der Waals surface area contributed by atoms with Crippen LogP contribution >= 0.6 is 0 Å². The van der Waals surface area contributed by atoms with Crippen molar-refractivity contribution in [2.45, 2.75) is 200 Å². The van der Waals surface area contributed by atoms with Crippen molar-refractivity contribution < 1.29 is 4.79 Å². The molecule has 0 bridgehead atoms. The Morgan fingerprint density at radius 3 is 1.19 bits per heavy atom. The highest BCUT2D eigenvalue weighted by Crippen LogP contribution is 2.45. The van der Waals surface area contributed by atoms with Gasteiger partial charge >= 0.3 is 0 Å². The van der Waals surface area contributed by atoms with E-state index in [9.17, 15) is 4.79 Å². The zero-order valence-electron chi connectivity index (χ0n) is 28.5. The summed E-state index contributed by atoms with van der Waals surface area (Å²) in [5.74, 6) is 0.537. The quantitative estimate of drug-likeness (QED) is 0.0610. The van der Waals surface area contributed by atoms with Gasteiger partial charge in [-0.1, -0.05) is 152 Å². The summed E-state index contributed by atoms with van der Waals surface area (Å²) in [6.45, 7) is 4.53. The van der Waals surface area contributed by atoms with E-state index in [0.29, 0.717) is 11.2 Å². The van der Waals surface area contributed by atoms with Gasteiger partial charge in [-0.05, 0) is 88.9 Å². The van der Waals surface area contributed by atoms with Gasteiger partial charge in [0.2, 0.25) is 0 Å². The maximum atomic E-state index is 12.2. The highest BCUT2D eigenvalue weighted by molar-refractivity contribution is 5.81. The van der Waals surface area contributed by atoms with Gasteiger partial charge in [0.1, 0.15) is 5.78 Å². The van der Waals surface area contributed by atoms with Crippen molar-refractivity contribution in [1.82, 2.24) is 0 Å². The molecule has 0 aliphatic heterocycles. The first-order valence-corrected chi connectivity index (χ1v) is 18.8.